The summed E-state index contributed by atoms with van der Waals surface area (Å²) in [4.78, 5) is 18.8. The zero-order valence-electron chi connectivity index (χ0n) is 20.9. The number of aromatic nitrogens is 2. The zero-order chi connectivity index (χ0) is 28.2. The van der Waals surface area contributed by atoms with Gasteiger partial charge in [-0.15, -0.1) is 0 Å². The number of amides is 1. The van der Waals surface area contributed by atoms with Crippen molar-refractivity contribution in [2.75, 3.05) is 33.4 Å². The van der Waals surface area contributed by atoms with Crippen LogP contribution in [0.3, 0.4) is 0 Å². The summed E-state index contributed by atoms with van der Waals surface area (Å²) in [5.74, 6) is -0.0248. The van der Waals surface area contributed by atoms with Crippen LogP contribution in [0.15, 0.2) is 57.9 Å². The molecule has 39 heavy (non-hydrogen) atoms. The maximum Gasteiger partial charge on any atom is 0.416 e. The molecule has 210 valence electrons. The molecular weight excluding hydrogens is 561 g/mol. The molecule has 14 heteroatoms. The van der Waals surface area contributed by atoms with Gasteiger partial charge < -0.3 is 14.2 Å². The number of carbonyl (C=O) groups is 1. The van der Waals surface area contributed by atoms with Gasteiger partial charge >= 0.3 is 6.18 Å². The third kappa shape index (κ3) is 6.78. The van der Waals surface area contributed by atoms with Gasteiger partial charge in [-0.2, -0.15) is 22.5 Å². The Hall–Kier alpha value is -3.00. The van der Waals surface area contributed by atoms with Crippen LogP contribution >= 0.6 is 11.6 Å². The first-order chi connectivity index (χ1) is 18.5. The Balaban J connectivity index is 1.57. The maximum absolute atomic E-state index is 13.5. The molecule has 1 aromatic heterocycles. The quantitative estimate of drug-likeness (QED) is 0.355. The van der Waals surface area contributed by atoms with E-state index in [2.05, 4.69) is 10.1 Å². The van der Waals surface area contributed by atoms with E-state index < -0.39 is 45.2 Å². The van der Waals surface area contributed by atoms with Crippen LogP contribution in [0.2, 0.25) is 5.02 Å². The zero-order valence-corrected chi connectivity index (χ0v) is 22.5. The molecule has 1 fully saturated rings. The minimum atomic E-state index is -4.73. The number of sulfonamides is 1. The predicted molar refractivity (Wildman–Crippen MR) is 135 cm³/mol. The number of ether oxygens (including phenoxy) is 1. The summed E-state index contributed by atoms with van der Waals surface area (Å²) in [7, 11) is -3.11. The van der Waals surface area contributed by atoms with Crippen molar-refractivity contribution in [2.45, 2.75) is 36.4 Å². The predicted octanol–water partition coefficient (Wildman–Crippen LogP) is 4.80. The molecule has 1 unspecified atom stereocenters. The molecule has 1 saturated heterocycles. The molecular formula is C25H26ClF3N4O5S. The van der Waals surface area contributed by atoms with Crippen molar-refractivity contribution in [2.24, 2.45) is 0 Å². The third-order valence-corrected chi connectivity index (χ3v) is 8.40. The Labute approximate surface area is 228 Å². The monoisotopic (exact) mass is 586 g/mol. The molecule has 1 aliphatic rings. The second-order valence-electron chi connectivity index (χ2n) is 8.92. The smallest absolute Gasteiger partial charge is 0.383 e. The third-order valence-electron chi connectivity index (χ3n) is 6.31. The number of piperidine rings is 1. The van der Waals surface area contributed by atoms with E-state index in [4.69, 9.17) is 20.9 Å². The van der Waals surface area contributed by atoms with Gasteiger partial charge in [-0.1, -0.05) is 22.8 Å². The molecule has 1 aliphatic heterocycles. The Morgan fingerprint density at radius 3 is 2.64 bits per heavy atom. The van der Waals surface area contributed by atoms with Gasteiger partial charge in [-0.3, -0.25) is 4.79 Å². The number of hydrogen-bond donors (Lipinski definition) is 0. The summed E-state index contributed by atoms with van der Waals surface area (Å²) in [6, 6.07) is 9.66. The van der Waals surface area contributed by atoms with Crippen LogP contribution in [0.4, 0.5) is 13.2 Å². The van der Waals surface area contributed by atoms with Gasteiger partial charge in [-0.05, 0) is 61.7 Å². The van der Waals surface area contributed by atoms with Crippen LogP contribution in [0.5, 0.6) is 0 Å². The van der Waals surface area contributed by atoms with E-state index in [1.807, 2.05) is 0 Å². The Morgan fingerprint density at radius 1 is 1.21 bits per heavy atom. The first-order valence-electron chi connectivity index (χ1n) is 12.1. The highest BCUT2D eigenvalue weighted by molar-refractivity contribution is 7.89. The Bertz CT molecular complexity index is 1400. The summed E-state index contributed by atoms with van der Waals surface area (Å²) in [6.07, 6.45) is -2.75. The van der Waals surface area contributed by atoms with E-state index in [1.165, 1.54) is 12.0 Å². The van der Waals surface area contributed by atoms with E-state index in [0.717, 1.165) is 28.9 Å². The molecule has 1 atom stereocenters. The Morgan fingerprint density at radius 2 is 1.95 bits per heavy atom. The number of methoxy groups -OCH3 is 1. The van der Waals surface area contributed by atoms with Crippen LogP contribution in [0.25, 0.3) is 11.4 Å². The number of halogens is 4. The molecule has 4 rings (SSSR count). The molecule has 3 aromatic rings. The maximum atomic E-state index is 13.5. The van der Waals surface area contributed by atoms with Crippen LogP contribution < -0.4 is 0 Å². The lowest BCUT2D eigenvalue weighted by atomic mass is 10.0. The minimum absolute atomic E-state index is 0.0665. The van der Waals surface area contributed by atoms with Crippen molar-refractivity contribution in [3.05, 3.63) is 65.0 Å². The topological polar surface area (TPSA) is 106 Å². The van der Waals surface area contributed by atoms with Crippen LogP contribution in [-0.4, -0.2) is 67.0 Å². The minimum Gasteiger partial charge on any atom is -0.383 e. The molecule has 0 N–H and O–H groups in total. The molecule has 0 saturated carbocycles. The summed E-state index contributed by atoms with van der Waals surface area (Å²) < 4.78 is 77.7. The number of carbonyl (C=O) groups excluding carboxylic acids is 1. The fraction of sp³-hybridized carbons (Fsp3) is 0.400. The second kappa shape index (κ2) is 12.0. The van der Waals surface area contributed by atoms with Crippen molar-refractivity contribution in [1.29, 1.82) is 0 Å². The summed E-state index contributed by atoms with van der Waals surface area (Å²) in [6.45, 7) is -0.579. The molecule has 0 bridgehead atoms. The van der Waals surface area contributed by atoms with Gasteiger partial charge in [0.25, 0.3) is 0 Å². The number of nitrogens with zero attached hydrogens (tertiary/aromatic N) is 4. The van der Waals surface area contributed by atoms with Crippen molar-refractivity contribution in [3.8, 4) is 11.4 Å². The van der Waals surface area contributed by atoms with Crippen molar-refractivity contribution in [1.82, 2.24) is 19.3 Å². The largest absolute Gasteiger partial charge is 0.416 e. The highest BCUT2D eigenvalue weighted by atomic mass is 35.5. The van der Waals surface area contributed by atoms with Crippen molar-refractivity contribution in [3.63, 3.8) is 0 Å². The lowest BCUT2D eigenvalue weighted by Crippen LogP contribution is -2.46. The molecule has 0 aliphatic carbocycles. The number of benzene rings is 2. The Kier molecular flexibility index (Phi) is 8.94. The van der Waals surface area contributed by atoms with E-state index >= 15 is 0 Å². The van der Waals surface area contributed by atoms with Gasteiger partial charge in [0.05, 0.1) is 23.6 Å². The van der Waals surface area contributed by atoms with E-state index in [-0.39, 0.29) is 19.0 Å². The number of alkyl halides is 3. The average molecular weight is 587 g/mol. The van der Waals surface area contributed by atoms with Crippen LogP contribution in [0, 0.1) is 0 Å². The van der Waals surface area contributed by atoms with Gasteiger partial charge in [-0.25, -0.2) is 8.42 Å². The first-order valence-corrected chi connectivity index (χ1v) is 13.9. The lowest BCUT2D eigenvalue weighted by molar-refractivity contribution is -0.138. The van der Waals surface area contributed by atoms with Crippen molar-refractivity contribution < 1.29 is 35.6 Å². The van der Waals surface area contributed by atoms with E-state index in [9.17, 15) is 26.4 Å². The van der Waals surface area contributed by atoms with Crippen LogP contribution in [0.1, 0.15) is 36.8 Å². The first kappa shape index (κ1) is 29.0. The molecule has 0 spiro atoms. The van der Waals surface area contributed by atoms with Gasteiger partial charge in [0.1, 0.15) is 6.04 Å². The van der Waals surface area contributed by atoms with Gasteiger partial charge in [0.2, 0.25) is 27.6 Å². The van der Waals surface area contributed by atoms with Gasteiger partial charge in [0, 0.05) is 30.8 Å². The summed E-state index contributed by atoms with van der Waals surface area (Å²) in [5.41, 5.74) is -0.438. The number of hydrogen-bond acceptors (Lipinski definition) is 7. The molecule has 0 radical (unpaired) electrons. The van der Waals surface area contributed by atoms with Crippen molar-refractivity contribution >= 4 is 27.5 Å². The summed E-state index contributed by atoms with van der Waals surface area (Å²) >= 11 is 5.94. The fourth-order valence-electron chi connectivity index (χ4n) is 4.27. The average Bonchev–Trinajstić information content (AvgIpc) is 3.41. The van der Waals surface area contributed by atoms with Gasteiger partial charge in [0.15, 0.2) is 0 Å². The van der Waals surface area contributed by atoms with E-state index in [0.29, 0.717) is 41.9 Å². The molecule has 1 amide bonds. The molecule has 2 aromatic carbocycles. The highest BCUT2D eigenvalue weighted by Gasteiger charge is 2.37. The lowest BCUT2D eigenvalue weighted by Gasteiger charge is -2.35. The standard InChI is InChI=1S/C25H26ClF3N4O5S/c1-37-14-13-32(39(35,36)20-6-4-5-18(15-20)25(27,28)29)16-22(34)33-12-3-2-7-21(33)24-30-23(31-38-24)17-8-10-19(26)11-9-17/h4-6,8-11,15,21H,2-3,7,12-14,16H2,1H3. The second-order valence-corrected chi connectivity index (χ2v) is 11.3. The van der Waals surface area contributed by atoms with Crippen LogP contribution in [-0.2, 0) is 25.7 Å². The molecule has 2 heterocycles. The highest BCUT2D eigenvalue weighted by Crippen LogP contribution is 2.33. The normalized spacial score (nSPS) is 16.6. The molecule has 9 nitrogen and oxygen atoms in total. The number of rotatable bonds is 9. The summed E-state index contributed by atoms with van der Waals surface area (Å²) in [5, 5.41) is 4.56. The fourth-order valence-corrected chi connectivity index (χ4v) is 5.82. The van der Waals surface area contributed by atoms with E-state index in [1.54, 1.807) is 24.3 Å². The number of likely N-dealkylation sites (tertiary alicyclic amines) is 1. The SMILES string of the molecule is COCCN(CC(=O)N1CCCCC1c1nc(-c2ccc(Cl)cc2)no1)S(=O)(=O)c1cccc(C(F)(F)F)c1.